The lowest BCUT2D eigenvalue weighted by molar-refractivity contribution is 0.855. The summed E-state index contributed by atoms with van der Waals surface area (Å²) in [5.74, 6) is 2.06. The third kappa shape index (κ3) is 3.71. The summed E-state index contributed by atoms with van der Waals surface area (Å²) in [4.78, 5) is 2.35. The third-order valence-electron chi connectivity index (χ3n) is 4.42. The Morgan fingerprint density at radius 2 is 1.33 bits per heavy atom. The molecule has 3 aromatic rings. The number of benzene rings is 3. The molecule has 3 nitrogen and oxygen atoms in total. The minimum Gasteiger partial charge on any atom is -0.293 e. The van der Waals surface area contributed by atoms with E-state index in [9.17, 15) is 0 Å². The topological polar surface area (TPSA) is 18.8 Å². The number of nitrogens with zero attached hydrogens (tertiary/aromatic N) is 3. The first-order valence-corrected chi connectivity index (χ1v) is 10.4. The van der Waals surface area contributed by atoms with Crippen molar-refractivity contribution >= 4 is 29.0 Å². The zero-order chi connectivity index (χ0) is 18.5. The Kier molecular flexibility index (Phi) is 5.45. The van der Waals surface area contributed by atoms with Crippen molar-refractivity contribution in [1.29, 1.82) is 0 Å². The first kappa shape index (κ1) is 17.7. The number of thioether (sulfide) groups is 1. The highest BCUT2D eigenvalue weighted by molar-refractivity contribution is 8.00. The monoisotopic (exact) mass is 373 g/mol. The van der Waals surface area contributed by atoms with Crippen LogP contribution in [-0.2, 0) is 0 Å². The highest BCUT2D eigenvalue weighted by atomic mass is 32.2. The van der Waals surface area contributed by atoms with Gasteiger partial charge in [-0.1, -0.05) is 73.7 Å². The Balaban J connectivity index is 1.82. The molecule has 0 radical (unpaired) electrons. The first-order valence-electron chi connectivity index (χ1n) is 9.32. The molecule has 136 valence electrons. The Morgan fingerprint density at radius 1 is 0.778 bits per heavy atom. The predicted octanol–water partition coefficient (Wildman–Crippen LogP) is 5.80. The van der Waals surface area contributed by atoms with Gasteiger partial charge in [-0.3, -0.25) is 4.90 Å². The summed E-state index contributed by atoms with van der Waals surface area (Å²) < 4.78 is 0. The maximum atomic E-state index is 5.08. The van der Waals surface area contributed by atoms with Gasteiger partial charge in [0.1, 0.15) is 0 Å². The number of amidine groups is 1. The molecule has 0 aliphatic carbocycles. The van der Waals surface area contributed by atoms with Crippen molar-refractivity contribution in [1.82, 2.24) is 0 Å². The van der Waals surface area contributed by atoms with Gasteiger partial charge in [0, 0.05) is 11.3 Å². The van der Waals surface area contributed by atoms with E-state index in [0.29, 0.717) is 0 Å². The fourth-order valence-corrected chi connectivity index (χ4v) is 4.30. The van der Waals surface area contributed by atoms with E-state index in [-0.39, 0.29) is 5.50 Å². The standard InChI is InChI=1S/C23H23N3S/c1-2-18-27-23-25(20-14-8-4-9-15-20)22(19-12-6-3-7-13-19)24-26(23)21-16-10-5-11-17-21/h3-17,23H,2,18H2,1H3. The summed E-state index contributed by atoms with van der Waals surface area (Å²) in [5.41, 5.74) is 3.48. The van der Waals surface area contributed by atoms with Gasteiger partial charge in [0.25, 0.3) is 0 Å². The first-order chi connectivity index (χ1) is 13.4. The normalized spacial score (nSPS) is 16.5. The molecular formula is C23H23N3S. The molecule has 1 aliphatic rings. The van der Waals surface area contributed by atoms with Crippen LogP contribution < -0.4 is 9.91 Å². The minimum absolute atomic E-state index is 0.0879. The van der Waals surface area contributed by atoms with E-state index in [1.54, 1.807) is 0 Å². The smallest absolute Gasteiger partial charge is 0.177 e. The number of anilines is 2. The van der Waals surface area contributed by atoms with Gasteiger partial charge < -0.3 is 0 Å². The minimum atomic E-state index is 0.0879. The SMILES string of the molecule is CCCSC1N(c2ccccc2)N=C(c2ccccc2)N1c1ccccc1. The third-order valence-corrected chi connectivity index (χ3v) is 5.77. The molecule has 1 aliphatic heterocycles. The predicted molar refractivity (Wildman–Crippen MR) is 117 cm³/mol. The molecule has 0 aromatic heterocycles. The quantitative estimate of drug-likeness (QED) is 0.544. The average molecular weight is 374 g/mol. The van der Waals surface area contributed by atoms with Crippen LogP contribution >= 0.6 is 11.8 Å². The summed E-state index contributed by atoms with van der Waals surface area (Å²) in [5, 5.41) is 7.22. The average Bonchev–Trinajstić information content (AvgIpc) is 3.13. The van der Waals surface area contributed by atoms with Crippen molar-refractivity contribution in [3.63, 3.8) is 0 Å². The van der Waals surface area contributed by atoms with Gasteiger partial charge in [-0.15, -0.1) is 11.8 Å². The molecule has 4 heteroatoms. The van der Waals surface area contributed by atoms with Crippen molar-refractivity contribution in [2.75, 3.05) is 15.7 Å². The lowest BCUT2D eigenvalue weighted by Crippen LogP contribution is -2.40. The number of hydrogen-bond donors (Lipinski definition) is 0. The Bertz CT molecular complexity index is 881. The summed E-state index contributed by atoms with van der Waals surface area (Å²) in [6, 6.07) is 31.4. The molecular weight excluding hydrogens is 350 g/mol. The van der Waals surface area contributed by atoms with Crippen LogP contribution in [0, 0.1) is 0 Å². The molecule has 1 atom stereocenters. The van der Waals surface area contributed by atoms with Crippen LogP contribution in [0.15, 0.2) is 96.1 Å². The second kappa shape index (κ2) is 8.31. The summed E-state index contributed by atoms with van der Waals surface area (Å²) in [6.45, 7) is 2.22. The van der Waals surface area contributed by atoms with Gasteiger partial charge in [0.15, 0.2) is 11.3 Å². The Morgan fingerprint density at radius 3 is 1.93 bits per heavy atom. The lowest BCUT2D eigenvalue weighted by Gasteiger charge is -2.31. The van der Waals surface area contributed by atoms with Crippen LogP contribution in [0.25, 0.3) is 0 Å². The highest BCUT2D eigenvalue weighted by Crippen LogP contribution is 2.36. The Hall–Kier alpha value is -2.72. The summed E-state index contributed by atoms with van der Waals surface area (Å²) >= 11 is 1.93. The van der Waals surface area contributed by atoms with Gasteiger partial charge in [0.2, 0.25) is 0 Å². The van der Waals surface area contributed by atoms with Gasteiger partial charge >= 0.3 is 0 Å². The van der Waals surface area contributed by atoms with E-state index in [4.69, 9.17) is 5.10 Å². The van der Waals surface area contributed by atoms with Crippen LogP contribution in [0.4, 0.5) is 11.4 Å². The summed E-state index contributed by atoms with van der Waals surface area (Å²) in [6.07, 6.45) is 1.13. The van der Waals surface area contributed by atoms with Crippen molar-refractivity contribution in [3.8, 4) is 0 Å². The van der Waals surface area contributed by atoms with Crippen molar-refractivity contribution in [2.24, 2.45) is 5.10 Å². The van der Waals surface area contributed by atoms with E-state index >= 15 is 0 Å². The largest absolute Gasteiger partial charge is 0.293 e. The lowest BCUT2D eigenvalue weighted by atomic mass is 10.2. The second-order valence-electron chi connectivity index (χ2n) is 6.37. The van der Waals surface area contributed by atoms with Crippen LogP contribution in [0.1, 0.15) is 18.9 Å². The van der Waals surface area contributed by atoms with E-state index < -0.39 is 0 Å². The zero-order valence-electron chi connectivity index (χ0n) is 15.4. The van der Waals surface area contributed by atoms with Crippen molar-refractivity contribution < 1.29 is 0 Å². The molecule has 0 N–H and O–H groups in total. The van der Waals surface area contributed by atoms with E-state index in [0.717, 1.165) is 34.9 Å². The van der Waals surface area contributed by atoms with E-state index in [1.165, 1.54) is 0 Å². The number of hydrazone groups is 1. The zero-order valence-corrected chi connectivity index (χ0v) is 16.2. The molecule has 0 amide bonds. The number of rotatable bonds is 6. The van der Waals surface area contributed by atoms with Crippen LogP contribution in [0.2, 0.25) is 0 Å². The molecule has 4 rings (SSSR count). The number of para-hydroxylation sites is 2. The maximum Gasteiger partial charge on any atom is 0.177 e. The summed E-state index contributed by atoms with van der Waals surface area (Å²) in [7, 11) is 0. The van der Waals surface area contributed by atoms with Crippen LogP contribution in [-0.4, -0.2) is 17.1 Å². The van der Waals surface area contributed by atoms with E-state index in [1.807, 2.05) is 23.9 Å². The molecule has 0 fully saturated rings. The molecule has 0 saturated carbocycles. The number of hydrogen-bond acceptors (Lipinski definition) is 4. The van der Waals surface area contributed by atoms with Gasteiger partial charge in [-0.2, -0.15) is 5.10 Å². The fraction of sp³-hybridized carbons (Fsp3) is 0.174. The molecule has 0 bridgehead atoms. The van der Waals surface area contributed by atoms with Gasteiger partial charge in [0.05, 0.1) is 5.69 Å². The Labute approximate surface area is 165 Å². The van der Waals surface area contributed by atoms with Crippen molar-refractivity contribution in [2.45, 2.75) is 18.8 Å². The highest BCUT2D eigenvalue weighted by Gasteiger charge is 2.36. The maximum absolute atomic E-state index is 5.08. The van der Waals surface area contributed by atoms with Gasteiger partial charge in [-0.25, -0.2) is 5.01 Å². The molecule has 27 heavy (non-hydrogen) atoms. The molecule has 1 unspecified atom stereocenters. The molecule has 3 aromatic carbocycles. The fourth-order valence-electron chi connectivity index (χ4n) is 3.17. The van der Waals surface area contributed by atoms with Crippen LogP contribution in [0.5, 0.6) is 0 Å². The van der Waals surface area contributed by atoms with Crippen LogP contribution in [0.3, 0.4) is 0 Å². The molecule has 0 spiro atoms. The van der Waals surface area contributed by atoms with Gasteiger partial charge in [-0.05, 0) is 36.4 Å². The molecule has 1 heterocycles. The van der Waals surface area contributed by atoms with Crippen molar-refractivity contribution in [3.05, 3.63) is 96.6 Å². The van der Waals surface area contributed by atoms with E-state index in [2.05, 4.69) is 95.7 Å². The second-order valence-corrected chi connectivity index (χ2v) is 7.54. The molecule has 0 saturated heterocycles.